The van der Waals surface area contributed by atoms with E-state index in [1.54, 1.807) is 0 Å². The Kier molecular flexibility index (Phi) is 4.29. The molecule has 3 rings (SSSR count). The van der Waals surface area contributed by atoms with Crippen LogP contribution >= 0.6 is 0 Å². The number of carboxylic acid groups (broad SMARTS) is 1. The molecule has 0 spiro atoms. The highest BCUT2D eigenvalue weighted by molar-refractivity contribution is 5.70. The summed E-state index contributed by atoms with van der Waals surface area (Å²) in [6, 6.07) is 10.8. The number of piperidine rings is 1. The molecule has 2 aliphatic rings. The largest absolute Gasteiger partial charge is 0.481 e. The first kappa shape index (κ1) is 14.6. The van der Waals surface area contributed by atoms with Gasteiger partial charge in [0.1, 0.15) is 0 Å². The van der Waals surface area contributed by atoms with E-state index in [-0.39, 0.29) is 11.5 Å². The van der Waals surface area contributed by atoms with E-state index in [2.05, 4.69) is 35.2 Å². The molecule has 0 amide bonds. The van der Waals surface area contributed by atoms with Gasteiger partial charge in [-0.1, -0.05) is 49.6 Å². The van der Waals surface area contributed by atoms with Crippen LogP contribution in [-0.4, -0.2) is 29.1 Å². The van der Waals surface area contributed by atoms with Crippen molar-refractivity contribution >= 4 is 5.97 Å². The fraction of sp³-hybridized carbons (Fsp3) is 0.611. The SMILES string of the molecule is O=C(O)C1CCCN(C2(c3ccccc3)CCCCC2)C1. The summed E-state index contributed by atoms with van der Waals surface area (Å²) in [6.07, 6.45) is 7.99. The van der Waals surface area contributed by atoms with Gasteiger partial charge < -0.3 is 5.11 Å². The molecule has 1 N–H and O–H groups in total. The van der Waals surface area contributed by atoms with Crippen LogP contribution in [0.3, 0.4) is 0 Å². The van der Waals surface area contributed by atoms with Crippen LogP contribution in [0.25, 0.3) is 0 Å². The average molecular weight is 287 g/mol. The number of nitrogens with zero attached hydrogens (tertiary/aromatic N) is 1. The van der Waals surface area contributed by atoms with E-state index in [1.165, 1.54) is 37.7 Å². The Morgan fingerprint density at radius 2 is 1.81 bits per heavy atom. The van der Waals surface area contributed by atoms with Gasteiger partial charge in [0, 0.05) is 12.1 Å². The summed E-state index contributed by atoms with van der Waals surface area (Å²) < 4.78 is 0. The molecule has 3 heteroatoms. The topological polar surface area (TPSA) is 40.5 Å². The molecule has 1 heterocycles. The summed E-state index contributed by atoms with van der Waals surface area (Å²) in [7, 11) is 0. The quantitative estimate of drug-likeness (QED) is 0.922. The van der Waals surface area contributed by atoms with Gasteiger partial charge in [-0.25, -0.2) is 0 Å². The minimum Gasteiger partial charge on any atom is -0.481 e. The van der Waals surface area contributed by atoms with Gasteiger partial charge >= 0.3 is 5.97 Å². The molecular weight excluding hydrogens is 262 g/mol. The fourth-order valence-electron chi connectivity index (χ4n) is 4.24. The molecule has 1 aromatic carbocycles. The van der Waals surface area contributed by atoms with E-state index in [0.717, 1.165) is 19.4 Å². The van der Waals surface area contributed by atoms with Gasteiger partial charge in [-0.2, -0.15) is 0 Å². The van der Waals surface area contributed by atoms with Crippen molar-refractivity contribution in [2.75, 3.05) is 13.1 Å². The molecule has 1 aliphatic carbocycles. The summed E-state index contributed by atoms with van der Waals surface area (Å²) in [5.74, 6) is -0.819. The highest BCUT2D eigenvalue weighted by atomic mass is 16.4. The molecule has 0 aromatic heterocycles. The molecule has 3 nitrogen and oxygen atoms in total. The molecule has 1 saturated carbocycles. The van der Waals surface area contributed by atoms with Crippen LogP contribution in [0.4, 0.5) is 0 Å². The molecule has 0 radical (unpaired) electrons. The van der Waals surface area contributed by atoms with Crippen molar-refractivity contribution < 1.29 is 9.90 Å². The van der Waals surface area contributed by atoms with E-state index >= 15 is 0 Å². The van der Waals surface area contributed by atoms with Crippen molar-refractivity contribution in [3.8, 4) is 0 Å². The second-order valence-corrected chi connectivity index (χ2v) is 6.58. The van der Waals surface area contributed by atoms with Gasteiger partial charge in [-0.3, -0.25) is 9.69 Å². The maximum atomic E-state index is 11.4. The standard InChI is InChI=1S/C18H25NO2/c20-17(21)15-8-7-13-19(14-15)18(11-5-2-6-12-18)16-9-3-1-4-10-16/h1,3-4,9-10,15H,2,5-8,11-14H2,(H,20,21). The molecule has 1 unspecified atom stereocenters. The normalized spacial score (nSPS) is 26.4. The third-order valence-electron chi connectivity index (χ3n) is 5.37. The van der Waals surface area contributed by atoms with Crippen molar-refractivity contribution in [1.29, 1.82) is 0 Å². The van der Waals surface area contributed by atoms with Crippen molar-refractivity contribution in [3.05, 3.63) is 35.9 Å². The first-order chi connectivity index (χ1) is 10.2. The van der Waals surface area contributed by atoms with Gasteiger partial charge in [0.25, 0.3) is 0 Å². The first-order valence-electron chi connectivity index (χ1n) is 8.26. The Balaban J connectivity index is 1.90. The Morgan fingerprint density at radius 1 is 1.10 bits per heavy atom. The maximum Gasteiger partial charge on any atom is 0.307 e. The number of carboxylic acids is 1. The molecule has 1 aliphatic heterocycles. The van der Waals surface area contributed by atoms with Crippen LogP contribution in [0.2, 0.25) is 0 Å². The van der Waals surface area contributed by atoms with Gasteiger partial charge in [0.15, 0.2) is 0 Å². The molecule has 1 aromatic rings. The molecule has 21 heavy (non-hydrogen) atoms. The fourth-order valence-corrected chi connectivity index (χ4v) is 4.24. The van der Waals surface area contributed by atoms with Crippen LogP contribution in [-0.2, 0) is 10.3 Å². The number of rotatable bonds is 3. The summed E-state index contributed by atoms with van der Waals surface area (Å²) in [4.78, 5) is 13.9. The van der Waals surface area contributed by atoms with Crippen molar-refractivity contribution in [1.82, 2.24) is 4.90 Å². The molecular formula is C18H25NO2. The Bertz CT molecular complexity index is 479. The minimum absolute atomic E-state index is 0.0770. The lowest BCUT2D eigenvalue weighted by Gasteiger charge is -2.49. The van der Waals surface area contributed by atoms with E-state index in [0.29, 0.717) is 6.54 Å². The van der Waals surface area contributed by atoms with E-state index < -0.39 is 5.97 Å². The number of aliphatic carboxylic acids is 1. The number of benzene rings is 1. The number of hydrogen-bond donors (Lipinski definition) is 1. The van der Waals surface area contributed by atoms with Crippen LogP contribution in [0.5, 0.6) is 0 Å². The van der Waals surface area contributed by atoms with E-state index in [1.807, 2.05) is 0 Å². The maximum absolute atomic E-state index is 11.4. The number of carbonyl (C=O) groups is 1. The second kappa shape index (κ2) is 6.18. The van der Waals surface area contributed by atoms with Crippen LogP contribution < -0.4 is 0 Å². The molecule has 1 saturated heterocycles. The molecule has 0 bridgehead atoms. The van der Waals surface area contributed by atoms with Crippen LogP contribution in [0, 0.1) is 5.92 Å². The van der Waals surface area contributed by atoms with Crippen LogP contribution in [0.1, 0.15) is 50.5 Å². The van der Waals surface area contributed by atoms with Crippen molar-refractivity contribution in [2.24, 2.45) is 5.92 Å². The Labute approximate surface area is 127 Å². The lowest BCUT2D eigenvalue weighted by molar-refractivity contribution is -0.145. The van der Waals surface area contributed by atoms with Gasteiger partial charge in [-0.05, 0) is 37.8 Å². The highest BCUT2D eigenvalue weighted by Crippen LogP contribution is 2.44. The zero-order chi connectivity index (χ0) is 14.7. The predicted octanol–water partition coefficient (Wildman–Crippen LogP) is 3.64. The summed E-state index contributed by atoms with van der Waals surface area (Å²) in [5, 5.41) is 9.38. The summed E-state index contributed by atoms with van der Waals surface area (Å²) in [6.45, 7) is 1.75. The van der Waals surface area contributed by atoms with Gasteiger partial charge in [-0.15, -0.1) is 0 Å². The Hall–Kier alpha value is -1.35. The summed E-state index contributed by atoms with van der Waals surface area (Å²) >= 11 is 0. The first-order valence-corrected chi connectivity index (χ1v) is 8.26. The Morgan fingerprint density at radius 3 is 2.48 bits per heavy atom. The average Bonchev–Trinajstić information content (AvgIpc) is 2.56. The lowest BCUT2D eigenvalue weighted by Crippen LogP contribution is -2.52. The highest BCUT2D eigenvalue weighted by Gasteiger charge is 2.42. The van der Waals surface area contributed by atoms with Gasteiger partial charge in [0.2, 0.25) is 0 Å². The van der Waals surface area contributed by atoms with E-state index in [4.69, 9.17) is 0 Å². The van der Waals surface area contributed by atoms with Gasteiger partial charge in [0.05, 0.1) is 5.92 Å². The van der Waals surface area contributed by atoms with Crippen LogP contribution in [0.15, 0.2) is 30.3 Å². The molecule has 2 fully saturated rings. The monoisotopic (exact) mass is 287 g/mol. The van der Waals surface area contributed by atoms with E-state index in [9.17, 15) is 9.90 Å². The summed E-state index contributed by atoms with van der Waals surface area (Å²) in [5.41, 5.74) is 1.46. The van der Waals surface area contributed by atoms with Crippen molar-refractivity contribution in [2.45, 2.75) is 50.5 Å². The predicted molar refractivity (Wildman–Crippen MR) is 83.1 cm³/mol. The number of likely N-dealkylation sites (tertiary alicyclic amines) is 1. The molecule has 1 atom stereocenters. The minimum atomic E-state index is -0.626. The zero-order valence-corrected chi connectivity index (χ0v) is 12.6. The third-order valence-corrected chi connectivity index (χ3v) is 5.37. The second-order valence-electron chi connectivity index (χ2n) is 6.58. The lowest BCUT2D eigenvalue weighted by atomic mass is 9.74. The molecule has 114 valence electrons. The third kappa shape index (κ3) is 2.84. The van der Waals surface area contributed by atoms with Crippen molar-refractivity contribution in [3.63, 3.8) is 0 Å². The zero-order valence-electron chi connectivity index (χ0n) is 12.6. The smallest absolute Gasteiger partial charge is 0.307 e. The number of hydrogen-bond acceptors (Lipinski definition) is 2.